The molecule has 34 heavy (non-hydrogen) atoms. The molecule has 0 radical (unpaired) electrons. The zero-order valence-electron chi connectivity index (χ0n) is 19.5. The first-order valence-electron chi connectivity index (χ1n) is 10.5. The molecule has 10 nitrogen and oxygen atoms in total. The van der Waals surface area contributed by atoms with Gasteiger partial charge in [0.2, 0.25) is 15.9 Å². The minimum Gasteiger partial charge on any atom is -0.493 e. The molecule has 0 spiro atoms. The SMILES string of the molecule is COc1cc(CCNC(=O)[C@@H](NS(=O)(=O)/C=C/c2ccccc2)C(C)C)c([N+](=O)[O-])cc1OC. The summed E-state index contributed by atoms with van der Waals surface area (Å²) < 4.78 is 37.7. The number of nitrogens with zero attached hydrogens (tertiary/aromatic N) is 1. The zero-order chi connectivity index (χ0) is 25.3. The molecule has 0 bridgehead atoms. The van der Waals surface area contributed by atoms with Crippen LogP contribution in [0.5, 0.6) is 11.5 Å². The molecular formula is C23H29N3O7S. The third kappa shape index (κ3) is 7.56. The van der Waals surface area contributed by atoms with Gasteiger partial charge in [0.25, 0.3) is 5.69 Å². The Morgan fingerprint density at radius 2 is 1.74 bits per heavy atom. The second kappa shape index (κ2) is 12.1. The number of nitro benzene ring substituents is 1. The summed E-state index contributed by atoms with van der Waals surface area (Å²) in [5, 5.41) is 15.1. The molecule has 0 saturated carbocycles. The lowest BCUT2D eigenvalue weighted by Gasteiger charge is -2.20. The summed E-state index contributed by atoms with van der Waals surface area (Å²) in [6.45, 7) is 3.49. The fraction of sp³-hybridized carbons (Fsp3) is 0.348. The smallest absolute Gasteiger partial charge is 0.276 e. The van der Waals surface area contributed by atoms with Gasteiger partial charge in [-0.25, -0.2) is 8.42 Å². The van der Waals surface area contributed by atoms with Crippen LogP contribution in [-0.4, -0.2) is 46.1 Å². The van der Waals surface area contributed by atoms with Crippen LogP contribution in [0.15, 0.2) is 47.9 Å². The van der Waals surface area contributed by atoms with E-state index in [9.17, 15) is 23.3 Å². The van der Waals surface area contributed by atoms with Gasteiger partial charge in [-0.15, -0.1) is 0 Å². The Morgan fingerprint density at radius 1 is 1.12 bits per heavy atom. The number of amides is 1. The molecule has 1 amide bonds. The van der Waals surface area contributed by atoms with Gasteiger partial charge in [-0.1, -0.05) is 44.2 Å². The van der Waals surface area contributed by atoms with Crippen molar-refractivity contribution in [2.75, 3.05) is 20.8 Å². The second-order valence-corrected chi connectivity index (χ2v) is 9.33. The normalized spacial score (nSPS) is 12.5. The second-order valence-electron chi connectivity index (χ2n) is 7.73. The van der Waals surface area contributed by atoms with Crippen molar-refractivity contribution in [3.8, 4) is 11.5 Å². The van der Waals surface area contributed by atoms with Gasteiger partial charge in [0.15, 0.2) is 11.5 Å². The van der Waals surface area contributed by atoms with Crippen LogP contribution >= 0.6 is 0 Å². The molecule has 2 aromatic rings. The number of rotatable bonds is 12. The molecule has 2 N–H and O–H groups in total. The molecule has 0 fully saturated rings. The molecular weight excluding hydrogens is 462 g/mol. The van der Waals surface area contributed by atoms with E-state index in [0.717, 1.165) is 5.41 Å². The highest BCUT2D eigenvalue weighted by molar-refractivity contribution is 7.92. The molecule has 0 aliphatic carbocycles. The number of hydrogen-bond acceptors (Lipinski definition) is 7. The summed E-state index contributed by atoms with van der Waals surface area (Å²) in [5.41, 5.74) is 0.879. The summed E-state index contributed by atoms with van der Waals surface area (Å²) in [6, 6.07) is 10.6. The van der Waals surface area contributed by atoms with Crippen molar-refractivity contribution < 1.29 is 27.6 Å². The molecule has 2 aromatic carbocycles. The molecule has 184 valence electrons. The number of ether oxygens (including phenoxy) is 2. The number of carbonyl (C=O) groups excluding carboxylic acids is 1. The molecule has 11 heteroatoms. The van der Waals surface area contributed by atoms with E-state index in [0.29, 0.717) is 16.9 Å². The Labute approximate surface area is 199 Å². The molecule has 1 atom stereocenters. The molecule has 0 unspecified atom stereocenters. The van der Waals surface area contributed by atoms with Gasteiger partial charge in [0.1, 0.15) is 6.04 Å². The van der Waals surface area contributed by atoms with E-state index in [1.54, 1.807) is 38.1 Å². The number of carbonyl (C=O) groups is 1. The topological polar surface area (TPSA) is 137 Å². The number of hydrogen-bond donors (Lipinski definition) is 2. The van der Waals surface area contributed by atoms with Crippen molar-refractivity contribution in [2.24, 2.45) is 5.92 Å². The average molecular weight is 492 g/mol. The summed E-state index contributed by atoms with van der Waals surface area (Å²) in [5.74, 6) is -0.322. The Hall–Kier alpha value is -3.44. The first-order chi connectivity index (χ1) is 16.1. The van der Waals surface area contributed by atoms with Crippen LogP contribution in [-0.2, 0) is 21.2 Å². The fourth-order valence-corrected chi connectivity index (χ4v) is 4.30. The van der Waals surface area contributed by atoms with Gasteiger partial charge >= 0.3 is 0 Å². The van der Waals surface area contributed by atoms with Crippen LogP contribution in [0.4, 0.5) is 5.69 Å². The Morgan fingerprint density at radius 3 is 2.29 bits per heavy atom. The van der Waals surface area contributed by atoms with Crippen molar-refractivity contribution in [1.29, 1.82) is 0 Å². The predicted octanol–water partition coefficient (Wildman–Crippen LogP) is 2.89. The summed E-state index contributed by atoms with van der Waals surface area (Å²) in [7, 11) is -1.10. The van der Waals surface area contributed by atoms with E-state index in [1.807, 2.05) is 6.07 Å². The maximum absolute atomic E-state index is 12.7. The Balaban J connectivity index is 2.08. The summed E-state index contributed by atoms with van der Waals surface area (Å²) >= 11 is 0. The lowest BCUT2D eigenvalue weighted by molar-refractivity contribution is -0.385. The molecule has 0 aliphatic rings. The van der Waals surface area contributed by atoms with Crippen LogP contribution in [0.3, 0.4) is 0 Å². The van der Waals surface area contributed by atoms with Crippen molar-refractivity contribution in [3.63, 3.8) is 0 Å². The van der Waals surface area contributed by atoms with Gasteiger partial charge < -0.3 is 14.8 Å². The average Bonchev–Trinajstić information content (AvgIpc) is 2.81. The third-order valence-corrected chi connectivity index (χ3v) is 6.03. The van der Waals surface area contributed by atoms with Crippen LogP contribution < -0.4 is 19.5 Å². The van der Waals surface area contributed by atoms with Crippen molar-refractivity contribution in [3.05, 3.63) is 69.1 Å². The first-order valence-corrected chi connectivity index (χ1v) is 12.0. The standard InChI is InChI=1S/C23H29N3O7S/c1-16(2)22(25-34(30,31)13-11-17-8-6-5-7-9-17)23(27)24-12-10-18-14-20(32-3)21(33-4)15-19(18)26(28)29/h5-9,11,13-16,22,25H,10,12H2,1-4H3,(H,24,27)/b13-11+/t22-/m0/s1. The zero-order valence-corrected chi connectivity index (χ0v) is 20.3. The largest absolute Gasteiger partial charge is 0.493 e. The van der Waals surface area contributed by atoms with Gasteiger partial charge in [-0.05, 0) is 30.0 Å². The van der Waals surface area contributed by atoms with Gasteiger partial charge in [0, 0.05) is 17.5 Å². The molecule has 0 aliphatic heterocycles. The maximum atomic E-state index is 12.7. The monoisotopic (exact) mass is 491 g/mol. The number of nitrogens with one attached hydrogen (secondary N) is 2. The predicted molar refractivity (Wildman–Crippen MR) is 129 cm³/mol. The Bertz CT molecular complexity index is 1130. The van der Waals surface area contributed by atoms with Crippen molar-refractivity contribution >= 4 is 27.7 Å². The van der Waals surface area contributed by atoms with Gasteiger partial charge in [-0.2, -0.15) is 4.72 Å². The highest BCUT2D eigenvalue weighted by Gasteiger charge is 2.26. The fourth-order valence-electron chi connectivity index (χ4n) is 3.15. The lowest BCUT2D eigenvalue weighted by atomic mass is 10.0. The van der Waals surface area contributed by atoms with Crippen LogP contribution in [0, 0.1) is 16.0 Å². The number of sulfonamides is 1. The van der Waals surface area contributed by atoms with Crippen LogP contribution in [0.25, 0.3) is 6.08 Å². The molecule has 0 saturated heterocycles. The Kier molecular flexibility index (Phi) is 9.58. The van der Waals surface area contributed by atoms with Crippen molar-refractivity contribution in [2.45, 2.75) is 26.3 Å². The van der Waals surface area contributed by atoms with E-state index in [2.05, 4.69) is 10.0 Å². The highest BCUT2D eigenvalue weighted by atomic mass is 32.2. The van der Waals surface area contributed by atoms with E-state index in [1.165, 1.54) is 32.4 Å². The minimum absolute atomic E-state index is 0.0555. The van der Waals surface area contributed by atoms with E-state index in [-0.39, 0.29) is 30.3 Å². The van der Waals surface area contributed by atoms with E-state index < -0.39 is 26.9 Å². The quantitative estimate of drug-likeness (QED) is 0.344. The summed E-state index contributed by atoms with van der Waals surface area (Å²) in [4.78, 5) is 23.6. The molecule has 0 aromatic heterocycles. The van der Waals surface area contributed by atoms with E-state index in [4.69, 9.17) is 9.47 Å². The van der Waals surface area contributed by atoms with E-state index >= 15 is 0 Å². The third-order valence-electron chi connectivity index (χ3n) is 4.95. The highest BCUT2D eigenvalue weighted by Crippen LogP contribution is 2.34. The maximum Gasteiger partial charge on any atom is 0.276 e. The van der Waals surface area contributed by atoms with Crippen LogP contribution in [0.2, 0.25) is 0 Å². The van der Waals surface area contributed by atoms with Gasteiger partial charge in [-0.3, -0.25) is 14.9 Å². The number of nitro groups is 1. The summed E-state index contributed by atoms with van der Waals surface area (Å²) in [6.07, 6.45) is 1.57. The number of benzene rings is 2. The van der Waals surface area contributed by atoms with Crippen LogP contribution in [0.1, 0.15) is 25.0 Å². The first kappa shape index (κ1) is 26.8. The molecule has 0 heterocycles. The lowest BCUT2D eigenvalue weighted by Crippen LogP contribution is -2.49. The number of methoxy groups -OCH3 is 2. The van der Waals surface area contributed by atoms with Gasteiger partial charge in [0.05, 0.1) is 25.2 Å². The minimum atomic E-state index is -3.89. The van der Waals surface area contributed by atoms with Crippen molar-refractivity contribution in [1.82, 2.24) is 10.0 Å². The molecule has 2 rings (SSSR count).